The fourth-order valence-corrected chi connectivity index (χ4v) is 0.719. The SMILES string of the molecule is CCOC(=O)C=CCCCCl. The summed E-state index contributed by atoms with van der Waals surface area (Å²) in [5, 5.41) is 0. The molecule has 64 valence electrons. The number of rotatable bonds is 5. The summed E-state index contributed by atoms with van der Waals surface area (Å²) in [6.07, 6.45) is 4.95. The topological polar surface area (TPSA) is 26.3 Å². The summed E-state index contributed by atoms with van der Waals surface area (Å²) in [4.78, 5) is 10.7. The minimum atomic E-state index is -0.276. The zero-order valence-electron chi connectivity index (χ0n) is 6.68. The minimum Gasteiger partial charge on any atom is -0.463 e. The molecule has 0 heterocycles. The smallest absolute Gasteiger partial charge is 0.330 e. The van der Waals surface area contributed by atoms with Crippen LogP contribution in [-0.4, -0.2) is 18.5 Å². The highest BCUT2D eigenvalue weighted by Gasteiger charge is 1.91. The van der Waals surface area contributed by atoms with Crippen LogP contribution in [0.3, 0.4) is 0 Å². The Morgan fingerprint density at radius 3 is 2.91 bits per heavy atom. The van der Waals surface area contributed by atoms with E-state index in [0.29, 0.717) is 12.5 Å². The number of halogens is 1. The number of ether oxygens (including phenoxy) is 1. The quantitative estimate of drug-likeness (QED) is 0.278. The van der Waals surface area contributed by atoms with Gasteiger partial charge in [-0.05, 0) is 19.8 Å². The van der Waals surface area contributed by atoms with Crippen LogP contribution >= 0.6 is 11.6 Å². The summed E-state index contributed by atoms with van der Waals surface area (Å²) >= 11 is 5.43. The van der Waals surface area contributed by atoms with Crippen molar-refractivity contribution in [3.8, 4) is 0 Å². The largest absolute Gasteiger partial charge is 0.463 e. The van der Waals surface area contributed by atoms with Crippen molar-refractivity contribution in [2.75, 3.05) is 12.5 Å². The van der Waals surface area contributed by atoms with E-state index in [0.717, 1.165) is 12.8 Å². The Kier molecular flexibility index (Phi) is 7.26. The lowest BCUT2D eigenvalue weighted by Crippen LogP contribution is -1.98. The first-order valence-corrected chi connectivity index (χ1v) is 4.24. The third-order valence-electron chi connectivity index (χ3n) is 1.04. The zero-order valence-corrected chi connectivity index (χ0v) is 7.43. The van der Waals surface area contributed by atoms with Crippen molar-refractivity contribution in [2.45, 2.75) is 19.8 Å². The van der Waals surface area contributed by atoms with Gasteiger partial charge in [0, 0.05) is 12.0 Å². The van der Waals surface area contributed by atoms with E-state index in [-0.39, 0.29) is 5.97 Å². The fraction of sp³-hybridized carbons (Fsp3) is 0.625. The molecule has 0 spiro atoms. The molecular weight excluding hydrogens is 164 g/mol. The number of alkyl halides is 1. The summed E-state index contributed by atoms with van der Waals surface area (Å²) in [6, 6.07) is 0. The standard InChI is InChI=1S/C8H13ClO2/c1-2-11-8(10)6-4-3-5-7-9/h4,6H,2-3,5,7H2,1H3. The molecule has 0 amide bonds. The van der Waals surface area contributed by atoms with Crippen LogP contribution < -0.4 is 0 Å². The summed E-state index contributed by atoms with van der Waals surface area (Å²) in [7, 11) is 0. The third kappa shape index (κ3) is 7.40. The Bertz CT molecular complexity index is 132. The van der Waals surface area contributed by atoms with Crippen molar-refractivity contribution in [3.63, 3.8) is 0 Å². The number of esters is 1. The van der Waals surface area contributed by atoms with Crippen LogP contribution in [0.25, 0.3) is 0 Å². The average molecular weight is 177 g/mol. The molecule has 0 atom stereocenters. The number of hydrogen-bond donors (Lipinski definition) is 0. The molecule has 0 bridgehead atoms. The molecule has 0 saturated carbocycles. The molecule has 0 aromatic carbocycles. The molecule has 0 unspecified atom stereocenters. The Hall–Kier alpha value is -0.500. The first-order valence-electron chi connectivity index (χ1n) is 3.70. The maximum absolute atomic E-state index is 10.7. The van der Waals surface area contributed by atoms with Crippen LogP contribution in [0.5, 0.6) is 0 Å². The summed E-state index contributed by atoms with van der Waals surface area (Å²) in [5.74, 6) is 0.356. The molecule has 0 aliphatic carbocycles. The van der Waals surface area contributed by atoms with Crippen LogP contribution in [0.1, 0.15) is 19.8 Å². The molecule has 3 heteroatoms. The first-order chi connectivity index (χ1) is 5.31. The van der Waals surface area contributed by atoms with Crippen LogP contribution in [0.4, 0.5) is 0 Å². The normalized spacial score (nSPS) is 10.4. The second kappa shape index (κ2) is 7.61. The molecule has 0 rings (SSSR count). The third-order valence-corrected chi connectivity index (χ3v) is 1.31. The Balaban J connectivity index is 3.32. The first kappa shape index (κ1) is 10.5. The minimum absolute atomic E-state index is 0.276. The van der Waals surface area contributed by atoms with Crippen molar-refractivity contribution < 1.29 is 9.53 Å². The van der Waals surface area contributed by atoms with Gasteiger partial charge in [0.2, 0.25) is 0 Å². The van der Waals surface area contributed by atoms with Gasteiger partial charge in [-0.15, -0.1) is 11.6 Å². The van der Waals surface area contributed by atoms with Crippen LogP contribution in [0.2, 0.25) is 0 Å². The average Bonchev–Trinajstić information content (AvgIpc) is 1.99. The van der Waals surface area contributed by atoms with Gasteiger partial charge in [0.25, 0.3) is 0 Å². The van der Waals surface area contributed by atoms with Crippen molar-refractivity contribution >= 4 is 17.6 Å². The van der Waals surface area contributed by atoms with Gasteiger partial charge in [-0.2, -0.15) is 0 Å². The molecule has 0 aromatic rings. The molecule has 0 fully saturated rings. The van der Waals surface area contributed by atoms with Gasteiger partial charge < -0.3 is 4.74 Å². The predicted molar refractivity (Wildman–Crippen MR) is 45.7 cm³/mol. The van der Waals surface area contributed by atoms with Crippen LogP contribution in [-0.2, 0) is 9.53 Å². The van der Waals surface area contributed by atoms with E-state index in [1.807, 2.05) is 0 Å². The highest BCUT2D eigenvalue weighted by Crippen LogP contribution is 1.93. The fourth-order valence-electron chi connectivity index (χ4n) is 0.565. The maximum Gasteiger partial charge on any atom is 0.330 e. The van der Waals surface area contributed by atoms with Crippen LogP contribution in [0, 0.1) is 0 Å². The lowest BCUT2D eigenvalue weighted by Gasteiger charge is -1.93. The van der Waals surface area contributed by atoms with E-state index in [2.05, 4.69) is 4.74 Å². The van der Waals surface area contributed by atoms with Gasteiger partial charge in [0.05, 0.1) is 6.61 Å². The van der Waals surface area contributed by atoms with E-state index in [1.54, 1.807) is 13.0 Å². The van der Waals surface area contributed by atoms with Gasteiger partial charge in [-0.1, -0.05) is 6.08 Å². The van der Waals surface area contributed by atoms with Gasteiger partial charge in [0.1, 0.15) is 0 Å². The Morgan fingerprint density at radius 2 is 2.36 bits per heavy atom. The summed E-state index contributed by atoms with van der Waals surface area (Å²) < 4.78 is 4.66. The van der Waals surface area contributed by atoms with Gasteiger partial charge in [-0.25, -0.2) is 4.79 Å². The molecule has 0 aliphatic rings. The molecule has 0 saturated heterocycles. The van der Waals surface area contributed by atoms with Crippen LogP contribution in [0.15, 0.2) is 12.2 Å². The van der Waals surface area contributed by atoms with E-state index in [1.165, 1.54) is 6.08 Å². The highest BCUT2D eigenvalue weighted by atomic mass is 35.5. The van der Waals surface area contributed by atoms with Gasteiger partial charge in [0.15, 0.2) is 0 Å². The molecule has 0 N–H and O–H groups in total. The number of allylic oxidation sites excluding steroid dienone is 1. The Morgan fingerprint density at radius 1 is 1.64 bits per heavy atom. The van der Waals surface area contributed by atoms with E-state index in [4.69, 9.17) is 11.6 Å². The predicted octanol–water partition coefficient (Wildman–Crippen LogP) is 2.12. The number of carbonyl (C=O) groups excluding carboxylic acids is 1. The lowest BCUT2D eigenvalue weighted by atomic mass is 10.3. The number of carbonyl (C=O) groups is 1. The second-order valence-corrected chi connectivity index (χ2v) is 2.36. The van der Waals surface area contributed by atoms with Crippen molar-refractivity contribution in [2.24, 2.45) is 0 Å². The Labute approximate surface area is 72.2 Å². The lowest BCUT2D eigenvalue weighted by molar-refractivity contribution is -0.137. The molecule has 0 aromatic heterocycles. The van der Waals surface area contributed by atoms with E-state index >= 15 is 0 Å². The van der Waals surface area contributed by atoms with Crippen molar-refractivity contribution in [1.29, 1.82) is 0 Å². The van der Waals surface area contributed by atoms with E-state index in [9.17, 15) is 4.79 Å². The van der Waals surface area contributed by atoms with Gasteiger partial charge in [-0.3, -0.25) is 0 Å². The number of hydrogen-bond acceptors (Lipinski definition) is 2. The van der Waals surface area contributed by atoms with E-state index < -0.39 is 0 Å². The molecule has 0 aliphatic heterocycles. The van der Waals surface area contributed by atoms with Gasteiger partial charge >= 0.3 is 5.97 Å². The molecule has 0 radical (unpaired) electrons. The maximum atomic E-state index is 10.7. The van der Waals surface area contributed by atoms with Crippen molar-refractivity contribution in [1.82, 2.24) is 0 Å². The zero-order chi connectivity index (χ0) is 8.53. The highest BCUT2D eigenvalue weighted by molar-refractivity contribution is 6.17. The number of unbranched alkanes of at least 4 members (excludes halogenated alkanes) is 1. The second-order valence-electron chi connectivity index (χ2n) is 1.99. The molecule has 2 nitrogen and oxygen atoms in total. The molecule has 11 heavy (non-hydrogen) atoms. The molecular formula is C8H13ClO2. The summed E-state index contributed by atoms with van der Waals surface area (Å²) in [6.45, 7) is 2.21. The van der Waals surface area contributed by atoms with Crippen molar-refractivity contribution in [3.05, 3.63) is 12.2 Å². The monoisotopic (exact) mass is 176 g/mol. The summed E-state index contributed by atoms with van der Waals surface area (Å²) in [5.41, 5.74) is 0.